The molecule has 0 radical (unpaired) electrons. The minimum absolute atomic E-state index is 0.0836. The van der Waals surface area contributed by atoms with Gasteiger partial charge in [-0.2, -0.15) is 0 Å². The first kappa shape index (κ1) is 18.7. The Hall–Kier alpha value is -1.67. The van der Waals surface area contributed by atoms with Crippen LogP contribution in [0.2, 0.25) is 0 Å². The molecule has 7 nitrogen and oxygen atoms in total. The molecule has 2 saturated carbocycles. The molecule has 1 amide bonds. The van der Waals surface area contributed by atoms with Gasteiger partial charge in [-0.05, 0) is 55.6 Å². The number of nitrogens with zero attached hydrogens (tertiary/aromatic N) is 2. The fraction of sp³-hybridized carbons (Fsp3) is 0.684. The molecule has 148 valence electrons. The number of anilines is 1. The SMILES string of the molecule is CS(=O)(=O)N1CCc2cc(C(=O)NCC3CC3)c(NCC3CC3)nc2CC1. The molecule has 1 aliphatic heterocycles. The summed E-state index contributed by atoms with van der Waals surface area (Å²) in [4.78, 5) is 17.5. The Morgan fingerprint density at radius 1 is 1.15 bits per heavy atom. The van der Waals surface area contributed by atoms with Gasteiger partial charge in [-0.3, -0.25) is 4.79 Å². The lowest BCUT2D eigenvalue weighted by Gasteiger charge is -2.16. The van der Waals surface area contributed by atoms with Crippen molar-refractivity contribution in [2.24, 2.45) is 11.8 Å². The van der Waals surface area contributed by atoms with Crippen molar-refractivity contribution in [3.05, 3.63) is 22.9 Å². The van der Waals surface area contributed by atoms with Crippen molar-refractivity contribution in [2.45, 2.75) is 38.5 Å². The molecule has 0 atom stereocenters. The molecule has 0 aromatic carbocycles. The van der Waals surface area contributed by atoms with Gasteiger partial charge in [0.25, 0.3) is 5.91 Å². The number of hydrogen-bond donors (Lipinski definition) is 2. The van der Waals surface area contributed by atoms with Crippen LogP contribution in [0.3, 0.4) is 0 Å². The van der Waals surface area contributed by atoms with Gasteiger partial charge in [0.05, 0.1) is 11.8 Å². The third-order valence-electron chi connectivity index (χ3n) is 5.64. The van der Waals surface area contributed by atoms with Gasteiger partial charge in [-0.15, -0.1) is 0 Å². The summed E-state index contributed by atoms with van der Waals surface area (Å²) < 4.78 is 25.3. The van der Waals surface area contributed by atoms with Gasteiger partial charge in [-0.1, -0.05) is 0 Å². The molecular weight excluding hydrogens is 364 g/mol. The van der Waals surface area contributed by atoms with E-state index >= 15 is 0 Å². The standard InChI is InChI=1S/C19H28N4O3S/c1-27(25,26)23-8-6-15-10-16(19(24)21-12-14-4-5-14)18(20-11-13-2-3-13)22-17(15)7-9-23/h10,13-14H,2-9,11-12H2,1H3,(H,20,22)(H,21,24). The van der Waals surface area contributed by atoms with Gasteiger partial charge in [0.15, 0.2) is 0 Å². The fourth-order valence-corrected chi connectivity index (χ4v) is 4.32. The highest BCUT2D eigenvalue weighted by atomic mass is 32.2. The van der Waals surface area contributed by atoms with E-state index in [2.05, 4.69) is 10.6 Å². The van der Waals surface area contributed by atoms with Crippen molar-refractivity contribution in [1.29, 1.82) is 0 Å². The second-order valence-electron chi connectivity index (χ2n) is 8.13. The average Bonchev–Trinajstić information content (AvgIpc) is 3.50. The third-order valence-corrected chi connectivity index (χ3v) is 6.94. The van der Waals surface area contributed by atoms with Crippen molar-refractivity contribution < 1.29 is 13.2 Å². The minimum atomic E-state index is -3.22. The lowest BCUT2D eigenvalue weighted by Crippen LogP contribution is -2.32. The van der Waals surface area contributed by atoms with Gasteiger partial charge in [0, 0.05) is 38.3 Å². The van der Waals surface area contributed by atoms with Crippen molar-refractivity contribution >= 4 is 21.7 Å². The summed E-state index contributed by atoms with van der Waals surface area (Å²) in [7, 11) is -3.22. The summed E-state index contributed by atoms with van der Waals surface area (Å²) in [5.41, 5.74) is 2.47. The normalized spacial score (nSPS) is 20.6. The van der Waals surface area contributed by atoms with Crippen LogP contribution in [0, 0.1) is 11.8 Å². The van der Waals surface area contributed by atoms with E-state index in [1.807, 2.05) is 6.07 Å². The van der Waals surface area contributed by atoms with E-state index in [0.717, 1.165) is 24.3 Å². The highest BCUT2D eigenvalue weighted by Crippen LogP contribution is 2.30. The van der Waals surface area contributed by atoms with Crippen LogP contribution in [0.5, 0.6) is 0 Å². The van der Waals surface area contributed by atoms with E-state index < -0.39 is 10.0 Å². The van der Waals surface area contributed by atoms with Crippen molar-refractivity contribution in [3.8, 4) is 0 Å². The molecule has 27 heavy (non-hydrogen) atoms. The molecule has 2 heterocycles. The zero-order chi connectivity index (χ0) is 19.0. The first-order valence-corrected chi connectivity index (χ1v) is 11.7. The maximum Gasteiger partial charge on any atom is 0.255 e. The maximum absolute atomic E-state index is 12.8. The number of carbonyl (C=O) groups is 1. The Morgan fingerprint density at radius 2 is 1.81 bits per heavy atom. The zero-order valence-electron chi connectivity index (χ0n) is 15.8. The molecule has 0 spiro atoms. The maximum atomic E-state index is 12.8. The number of carbonyl (C=O) groups excluding carboxylic acids is 1. The molecule has 8 heteroatoms. The van der Waals surface area contributed by atoms with Gasteiger partial charge in [0.2, 0.25) is 10.0 Å². The summed E-state index contributed by atoms with van der Waals surface area (Å²) in [5, 5.41) is 6.40. The van der Waals surface area contributed by atoms with Crippen LogP contribution in [-0.2, 0) is 22.9 Å². The van der Waals surface area contributed by atoms with Crippen LogP contribution in [-0.4, -0.2) is 56.0 Å². The molecule has 0 unspecified atom stereocenters. The van der Waals surface area contributed by atoms with Crippen LogP contribution in [0.25, 0.3) is 0 Å². The van der Waals surface area contributed by atoms with Crippen LogP contribution in [0.4, 0.5) is 5.82 Å². The largest absolute Gasteiger partial charge is 0.369 e. The summed E-state index contributed by atoms with van der Waals surface area (Å²) in [6.45, 7) is 2.43. The fourth-order valence-electron chi connectivity index (χ4n) is 3.47. The summed E-state index contributed by atoms with van der Waals surface area (Å²) in [5.74, 6) is 1.85. The predicted molar refractivity (Wildman–Crippen MR) is 104 cm³/mol. The molecule has 2 aliphatic carbocycles. The lowest BCUT2D eigenvalue weighted by atomic mass is 10.0. The lowest BCUT2D eigenvalue weighted by molar-refractivity contribution is 0.0952. The predicted octanol–water partition coefficient (Wildman–Crippen LogP) is 1.40. The molecule has 1 aromatic rings. The highest BCUT2D eigenvalue weighted by Gasteiger charge is 2.27. The van der Waals surface area contributed by atoms with Crippen molar-refractivity contribution in [3.63, 3.8) is 0 Å². The number of amides is 1. The molecule has 3 aliphatic rings. The summed E-state index contributed by atoms with van der Waals surface area (Å²) in [6, 6.07) is 1.92. The number of rotatable bonds is 7. The number of sulfonamides is 1. The number of pyridine rings is 1. The van der Waals surface area contributed by atoms with E-state index in [1.165, 1.54) is 36.2 Å². The minimum Gasteiger partial charge on any atom is -0.369 e. The van der Waals surface area contributed by atoms with Crippen molar-refractivity contribution in [1.82, 2.24) is 14.6 Å². The molecule has 1 aromatic heterocycles. The Balaban J connectivity index is 1.57. The third kappa shape index (κ3) is 4.79. The quantitative estimate of drug-likeness (QED) is 0.732. The van der Waals surface area contributed by atoms with E-state index in [9.17, 15) is 13.2 Å². The number of fused-ring (bicyclic) bond motifs is 1. The monoisotopic (exact) mass is 392 g/mol. The smallest absolute Gasteiger partial charge is 0.255 e. The first-order chi connectivity index (χ1) is 12.9. The van der Waals surface area contributed by atoms with E-state index in [1.54, 1.807) is 0 Å². The second-order valence-corrected chi connectivity index (χ2v) is 10.1. The van der Waals surface area contributed by atoms with E-state index in [0.29, 0.717) is 49.1 Å². The second kappa shape index (κ2) is 7.39. The van der Waals surface area contributed by atoms with Gasteiger partial charge >= 0.3 is 0 Å². The molecule has 2 N–H and O–H groups in total. The van der Waals surface area contributed by atoms with Gasteiger partial charge in [-0.25, -0.2) is 17.7 Å². The Morgan fingerprint density at radius 3 is 2.48 bits per heavy atom. The Kier molecular flexibility index (Phi) is 5.11. The Labute approximate surface area is 161 Å². The van der Waals surface area contributed by atoms with Crippen LogP contribution < -0.4 is 10.6 Å². The van der Waals surface area contributed by atoms with Crippen LogP contribution >= 0.6 is 0 Å². The van der Waals surface area contributed by atoms with Crippen LogP contribution in [0.1, 0.15) is 47.3 Å². The average molecular weight is 393 g/mol. The first-order valence-electron chi connectivity index (χ1n) is 9.90. The van der Waals surface area contributed by atoms with Crippen molar-refractivity contribution in [2.75, 3.05) is 37.8 Å². The highest BCUT2D eigenvalue weighted by molar-refractivity contribution is 7.88. The zero-order valence-corrected chi connectivity index (χ0v) is 16.6. The molecule has 2 fully saturated rings. The van der Waals surface area contributed by atoms with Gasteiger partial charge in [0.1, 0.15) is 5.82 Å². The summed E-state index contributed by atoms with van der Waals surface area (Å²) >= 11 is 0. The molecule has 0 saturated heterocycles. The topological polar surface area (TPSA) is 91.4 Å². The van der Waals surface area contributed by atoms with Crippen LogP contribution in [0.15, 0.2) is 6.07 Å². The summed E-state index contributed by atoms with van der Waals surface area (Å²) in [6.07, 6.45) is 7.24. The number of aromatic nitrogens is 1. The number of nitrogens with one attached hydrogen (secondary N) is 2. The van der Waals surface area contributed by atoms with E-state index in [-0.39, 0.29) is 5.91 Å². The number of hydrogen-bond acceptors (Lipinski definition) is 5. The van der Waals surface area contributed by atoms with Gasteiger partial charge < -0.3 is 10.6 Å². The molecular formula is C19H28N4O3S. The molecule has 0 bridgehead atoms. The Bertz CT molecular complexity index is 832. The molecule has 4 rings (SSSR count). The van der Waals surface area contributed by atoms with E-state index in [4.69, 9.17) is 4.98 Å².